The van der Waals surface area contributed by atoms with E-state index in [1.54, 1.807) is 6.20 Å². The number of anilines is 2. The van der Waals surface area contributed by atoms with E-state index in [0.29, 0.717) is 11.3 Å². The quantitative estimate of drug-likeness (QED) is 0.506. The van der Waals surface area contributed by atoms with Crippen LogP contribution in [0.15, 0.2) is 42.9 Å². The van der Waals surface area contributed by atoms with Crippen LogP contribution in [-0.2, 0) is 0 Å². The Balaban J connectivity index is 1.55. The molecular weight excluding hydrogens is 412 g/mol. The van der Waals surface area contributed by atoms with Gasteiger partial charge in [0.2, 0.25) is 5.78 Å². The van der Waals surface area contributed by atoms with Crippen LogP contribution in [0.4, 0.5) is 11.6 Å². The molecule has 1 aromatic carbocycles. The van der Waals surface area contributed by atoms with Gasteiger partial charge < -0.3 is 15.1 Å². The fraction of sp³-hybridized carbons (Fsp3) is 0.360. The van der Waals surface area contributed by atoms with Crippen molar-refractivity contribution in [2.75, 3.05) is 42.9 Å². The van der Waals surface area contributed by atoms with Crippen LogP contribution in [0, 0.1) is 18.3 Å². The molecule has 33 heavy (non-hydrogen) atoms. The summed E-state index contributed by atoms with van der Waals surface area (Å²) < 4.78 is 1.97. The maximum Gasteiger partial charge on any atom is 0.236 e. The number of nitriles is 1. The molecule has 1 N–H and O–H groups in total. The number of hydrogen-bond donors (Lipinski definition) is 1. The third-order valence-corrected chi connectivity index (χ3v) is 6.68. The van der Waals surface area contributed by atoms with E-state index in [9.17, 15) is 5.26 Å². The standard InChI is InChI=1S/C25H28N8/c1-4-31-10-12-32(13-11-31)23-14-21-22(16-28-23)33-9-8-27-25(33)30-24(21)29-18(3)20-7-5-6-19(15-26)17(20)2/h5-9,14,16,18H,4,10-13H2,1-3H3,(H,27,29,30). The average Bonchev–Trinajstić information content (AvgIpc) is 3.32. The number of hydrogen-bond acceptors (Lipinski definition) is 7. The molecule has 5 rings (SSSR count). The fourth-order valence-corrected chi connectivity index (χ4v) is 4.65. The lowest BCUT2D eigenvalue weighted by Crippen LogP contribution is -2.46. The summed E-state index contributed by atoms with van der Waals surface area (Å²) in [5, 5.41) is 14.0. The van der Waals surface area contributed by atoms with Gasteiger partial charge in [0.25, 0.3) is 0 Å². The van der Waals surface area contributed by atoms with Gasteiger partial charge in [0.15, 0.2) is 0 Å². The van der Waals surface area contributed by atoms with Crippen LogP contribution >= 0.6 is 0 Å². The predicted molar refractivity (Wildman–Crippen MR) is 131 cm³/mol. The van der Waals surface area contributed by atoms with Crippen molar-refractivity contribution in [2.24, 2.45) is 0 Å². The van der Waals surface area contributed by atoms with Crippen molar-refractivity contribution in [3.63, 3.8) is 0 Å². The molecule has 168 valence electrons. The number of piperazine rings is 1. The van der Waals surface area contributed by atoms with Gasteiger partial charge in [-0.25, -0.2) is 9.97 Å². The number of nitrogens with zero attached hydrogens (tertiary/aromatic N) is 7. The van der Waals surface area contributed by atoms with Gasteiger partial charge in [0.05, 0.1) is 29.4 Å². The van der Waals surface area contributed by atoms with Crippen LogP contribution in [-0.4, -0.2) is 57.0 Å². The summed E-state index contributed by atoms with van der Waals surface area (Å²) in [7, 11) is 0. The third kappa shape index (κ3) is 3.85. The molecule has 1 unspecified atom stereocenters. The maximum absolute atomic E-state index is 9.43. The highest BCUT2D eigenvalue weighted by Crippen LogP contribution is 2.30. The molecule has 1 atom stereocenters. The van der Waals surface area contributed by atoms with E-state index in [4.69, 9.17) is 9.97 Å². The molecule has 1 saturated heterocycles. The number of imidazole rings is 1. The van der Waals surface area contributed by atoms with Crippen LogP contribution in [0.2, 0.25) is 0 Å². The largest absolute Gasteiger partial charge is 0.363 e. The van der Waals surface area contributed by atoms with Crippen molar-refractivity contribution < 1.29 is 0 Å². The van der Waals surface area contributed by atoms with Crippen molar-refractivity contribution >= 4 is 28.3 Å². The number of aromatic nitrogens is 4. The first-order valence-corrected chi connectivity index (χ1v) is 11.4. The second kappa shape index (κ2) is 8.68. The molecule has 1 aliphatic heterocycles. The number of nitrogens with one attached hydrogen (secondary N) is 1. The highest BCUT2D eigenvalue weighted by Gasteiger charge is 2.20. The zero-order valence-electron chi connectivity index (χ0n) is 19.3. The summed E-state index contributed by atoms with van der Waals surface area (Å²) in [6.07, 6.45) is 5.60. The van der Waals surface area contributed by atoms with E-state index in [1.807, 2.05) is 35.9 Å². The molecule has 4 heterocycles. The molecule has 8 heteroatoms. The first-order chi connectivity index (χ1) is 16.1. The van der Waals surface area contributed by atoms with Crippen LogP contribution in [0.3, 0.4) is 0 Å². The van der Waals surface area contributed by atoms with Gasteiger partial charge in [-0.2, -0.15) is 10.2 Å². The number of fused-ring (bicyclic) bond motifs is 3. The summed E-state index contributed by atoms with van der Waals surface area (Å²) in [4.78, 5) is 18.8. The van der Waals surface area contributed by atoms with Gasteiger partial charge >= 0.3 is 0 Å². The summed E-state index contributed by atoms with van der Waals surface area (Å²) in [5.74, 6) is 2.37. The van der Waals surface area contributed by atoms with Crippen molar-refractivity contribution in [3.05, 3.63) is 59.5 Å². The number of benzene rings is 1. The highest BCUT2D eigenvalue weighted by atomic mass is 15.3. The summed E-state index contributed by atoms with van der Waals surface area (Å²) >= 11 is 0. The van der Waals surface area contributed by atoms with Crippen molar-refractivity contribution in [1.29, 1.82) is 5.26 Å². The Labute approximate surface area is 193 Å². The van der Waals surface area contributed by atoms with Gasteiger partial charge in [-0.1, -0.05) is 19.1 Å². The summed E-state index contributed by atoms with van der Waals surface area (Å²) in [6, 6.07) is 10.2. The smallest absolute Gasteiger partial charge is 0.236 e. The second-order valence-electron chi connectivity index (χ2n) is 8.54. The second-order valence-corrected chi connectivity index (χ2v) is 8.54. The summed E-state index contributed by atoms with van der Waals surface area (Å²) in [6.45, 7) is 11.4. The van der Waals surface area contributed by atoms with Crippen LogP contribution in [0.25, 0.3) is 16.7 Å². The lowest BCUT2D eigenvalue weighted by atomic mass is 9.98. The van der Waals surface area contributed by atoms with Crippen LogP contribution in [0.5, 0.6) is 0 Å². The molecule has 0 spiro atoms. The Morgan fingerprint density at radius 3 is 2.76 bits per heavy atom. The molecule has 0 bridgehead atoms. The minimum Gasteiger partial charge on any atom is -0.363 e. The zero-order chi connectivity index (χ0) is 22.9. The van der Waals surface area contributed by atoms with Crippen molar-refractivity contribution in [2.45, 2.75) is 26.8 Å². The summed E-state index contributed by atoms with van der Waals surface area (Å²) in [5.41, 5.74) is 3.73. The minimum absolute atomic E-state index is 0.0314. The van der Waals surface area contributed by atoms with E-state index < -0.39 is 0 Å². The molecule has 1 aliphatic rings. The molecule has 0 saturated carbocycles. The predicted octanol–water partition coefficient (Wildman–Crippen LogP) is 3.77. The molecular formula is C25H28N8. The van der Waals surface area contributed by atoms with Crippen molar-refractivity contribution in [1.82, 2.24) is 24.3 Å². The Kier molecular flexibility index (Phi) is 5.56. The molecule has 4 aromatic rings. The molecule has 3 aromatic heterocycles. The Hall–Kier alpha value is -3.70. The van der Waals surface area contributed by atoms with Crippen LogP contribution in [0.1, 0.15) is 36.6 Å². The normalized spacial score (nSPS) is 15.6. The maximum atomic E-state index is 9.43. The van der Waals surface area contributed by atoms with Gasteiger partial charge in [-0.3, -0.25) is 4.40 Å². The highest BCUT2D eigenvalue weighted by molar-refractivity contribution is 5.92. The number of likely N-dealkylation sites (N-methyl/N-ethyl adjacent to an activating group) is 1. The first-order valence-electron chi connectivity index (χ1n) is 11.4. The topological polar surface area (TPSA) is 85.4 Å². The molecule has 0 amide bonds. The van der Waals surface area contributed by atoms with E-state index in [-0.39, 0.29) is 6.04 Å². The fourth-order valence-electron chi connectivity index (χ4n) is 4.65. The first kappa shape index (κ1) is 21.2. The van der Waals surface area contributed by atoms with Gasteiger partial charge in [-0.15, -0.1) is 0 Å². The monoisotopic (exact) mass is 440 g/mol. The van der Waals surface area contributed by atoms with E-state index in [2.05, 4.69) is 52.2 Å². The average molecular weight is 441 g/mol. The number of rotatable bonds is 5. The third-order valence-electron chi connectivity index (χ3n) is 6.68. The van der Waals surface area contributed by atoms with Crippen LogP contribution < -0.4 is 10.2 Å². The van der Waals surface area contributed by atoms with E-state index in [1.165, 1.54) is 0 Å². The molecule has 0 radical (unpaired) electrons. The van der Waals surface area contributed by atoms with Crippen molar-refractivity contribution in [3.8, 4) is 6.07 Å². The van der Waals surface area contributed by atoms with Gasteiger partial charge in [-0.05, 0) is 43.7 Å². The molecule has 0 aliphatic carbocycles. The lowest BCUT2D eigenvalue weighted by Gasteiger charge is -2.34. The van der Waals surface area contributed by atoms with Gasteiger partial charge in [0.1, 0.15) is 11.6 Å². The molecule has 8 nitrogen and oxygen atoms in total. The Morgan fingerprint density at radius 2 is 2.00 bits per heavy atom. The number of pyridine rings is 1. The minimum atomic E-state index is -0.0314. The lowest BCUT2D eigenvalue weighted by molar-refractivity contribution is 0.270. The Bertz CT molecular complexity index is 1340. The van der Waals surface area contributed by atoms with E-state index in [0.717, 1.165) is 66.4 Å². The zero-order valence-corrected chi connectivity index (χ0v) is 19.3. The SMILES string of the molecule is CCN1CCN(c2cc3c(NC(C)c4cccc(C#N)c4C)nc4nccn4c3cn2)CC1. The van der Waals surface area contributed by atoms with E-state index >= 15 is 0 Å². The van der Waals surface area contributed by atoms with Gasteiger partial charge in [0, 0.05) is 44.0 Å². The Morgan fingerprint density at radius 1 is 1.18 bits per heavy atom. The molecule has 1 fully saturated rings.